The van der Waals surface area contributed by atoms with Crippen LogP contribution in [0.5, 0.6) is 0 Å². The highest BCUT2D eigenvalue weighted by Crippen LogP contribution is 2.30. The molecule has 2 fully saturated rings. The fourth-order valence-electron chi connectivity index (χ4n) is 1.84. The summed E-state index contributed by atoms with van der Waals surface area (Å²) < 4.78 is 16.1. The molecule has 0 bridgehead atoms. The van der Waals surface area contributed by atoms with Crippen LogP contribution in [0.4, 0.5) is 0 Å². The Kier molecular flexibility index (Phi) is 3.20. The highest BCUT2D eigenvalue weighted by molar-refractivity contribution is 5.65. The molecule has 2 rings (SSSR count). The van der Waals surface area contributed by atoms with Crippen LogP contribution in [-0.4, -0.2) is 50.7 Å². The van der Waals surface area contributed by atoms with Crippen LogP contribution in [0.1, 0.15) is 6.92 Å². The van der Waals surface area contributed by atoms with Crippen LogP contribution in [0, 0.1) is 0 Å². The van der Waals surface area contributed by atoms with Crippen molar-refractivity contribution in [2.45, 2.75) is 31.3 Å². The Morgan fingerprint density at radius 3 is 2.40 bits per heavy atom. The monoisotopic (exact) mass is 218 g/mol. The van der Waals surface area contributed by atoms with Gasteiger partial charge in [0.15, 0.2) is 6.10 Å². The van der Waals surface area contributed by atoms with Crippen molar-refractivity contribution in [3.05, 3.63) is 0 Å². The fourth-order valence-corrected chi connectivity index (χ4v) is 1.84. The predicted molar refractivity (Wildman–Crippen MR) is 46.9 cm³/mol. The smallest absolute Gasteiger partial charge is 0.339 e. The zero-order valence-electron chi connectivity index (χ0n) is 8.67. The number of rotatable bonds is 3. The molecule has 0 aromatic heterocycles. The molecule has 15 heavy (non-hydrogen) atoms. The largest absolute Gasteiger partial charge is 0.376 e. The van der Waals surface area contributed by atoms with Gasteiger partial charge in [-0.05, 0) is 0 Å². The fraction of sp³-hybridized carbons (Fsp3) is 0.889. The van der Waals surface area contributed by atoms with E-state index in [-0.39, 0.29) is 24.4 Å². The second-order valence-electron chi connectivity index (χ2n) is 3.58. The zero-order valence-corrected chi connectivity index (χ0v) is 8.67. The van der Waals surface area contributed by atoms with Crippen molar-refractivity contribution in [2.75, 3.05) is 20.3 Å². The molecule has 86 valence electrons. The lowest BCUT2D eigenvalue weighted by atomic mass is 10.1. The van der Waals surface area contributed by atoms with Crippen LogP contribution in [0.2, 0.25) is 0 Å². The Bertz CT molecular complexity index is 243. The molecule has 6 heteroatoms. The van der Waals surface area contributed by atoms with E-state index < -0.39 is 5.97 Å². The average Bonchev–Trinajstić information content (AvgIpc) is 2.74. The van der Waals surface area contributed by atoms with Crippen LogP contribution in [0.25, 0.3) is 0 Å². The maximum absolute atomic E-state index is 10.6. The van der Waals surface area contributed by atoms with Crippen molar-refractivity contribution in [1.82, 2.24) is 0 Å². The number of hydrogen-bond donors (Lipinski definition) is 0. The minimum Gasteiger partial charge on any atom is -0.376 e. The van der Waals surface area contributed by atoms with Gasteiger partial charge in [0.2, 0.25) is 0 Å². The first-order valence-electron chi connectivity index (χ1n) is 4.82. The van der Waals surface area contributed by atoms with Gasteiger partial charge >= 0.3 is 5.97 Å². The number of ether oxygens (including phenoxy) is 3. The topological polar surface area (TPSA) is 63.2 Å². The molecule has 0 N–H and O–H groups in total. The summed E-state index contributed by atoms with van der Waals surface area (Å²) in [6.45, 7) is 2.11. The Balaban J connectivity index is 1.87. The second kappa shape index (κ2) is 4.44. The van der Waals surface area contributed by atoms with Gasteiger partial charge in [-0.3, -0.25) is 4.89 Å². The summed E-state index contributed by atoms with van der Waals surface area (Å²) in [6.07, 6.45) is -0.773. The molecule has 2 aliphatic heterocycles. The number of hydrogen-bond acceptors (Lipinski definition) is 6. The molecule has 0 aromatic rings. The molecule has 2 heterocycles. The summed E-state index contributed by atoms with van der Waals surface area (Å²) in [5.74, 6) is -0.486. The van der Waals surface area contributed by atoms with E-state index in [0.29, 0.717) is 13.2 Å². The van der Waals surface area contributed by atoms with Crippen molar-refractivity contribution in [3.8, 4) is 0 Å². The quantitative estimate of drug-likeness (QED) is 0.477. The summed E-state index contributed by atoms with van der Waals surface area (Å²) >= 11 is 0. The van der Waals surface area contributed by atoms with Crippen LogP contribution < -0.4 is 0 Å². The van der Waals surface area contributed by atoms with Gasteiger partial charge in [-0.25, -0.2) is 4.79 Å². The molecular weight excluding hydrogens is 204 g/mol. The standard InChI is InChI=1S/C9H14O6/c1-5(10)14-15-7-4-13-8-6(11-2)3-12-9(7)8/h6-9H,3-4H2,1-2H3/t6-,7-,8-,9+/m1/s1. The van der Waals surface area contributed by atoms with Crippen LogP contribution >= 0.6 is 0 Å². The summed E-state index contributed by atoms with van der Waals surface area (Å²) in [4.78, 5) is 19.9. The van der Waals surface area contributed by atoms with Crippen LogP contribution in [0.3, 0.4) is 0 Å². The van der Waals surface area contributed by atoms with E-state index in [2.05, 4.69) is 4.89 Å². The van der Waals surface area contributed by atoms with Gasteiger partial charge in [0.1, 0.15) is 18.3 Å². The minimum absolute atomic E-state index is 0.0686. The molecule has 2 aliphatic rings. The van der Waals surface area contributed by atoms with Crippen LogP contribution in [-0.2, 0) is 28.8 Å². The lowest BCUT2D eigenvalue weighted by molar-refractivity contribution is -0.305. The third kappa shape index (κ3) is 2.12. The van der Waals surface area contributed by atoms with E-state index in [0.717, 1.165) is 0 Å². The van der Waals surface area contributed by atoms with Gasteiger partial charge in [0, 0.05) is 14.0 Å². The first-order valence-corrected chi connectivity index (χ1v) is 4.82. The van der Waals surface area contributed by atoms with E-state index in [1.807, 2.05) is 0 Å². The third-order valence-electron chi connectivity index (χ3n) is 2.55. The maximum Gasteiger partial charge on any atom is 0.339 e. The molecule has 0 spiro atoms. The molecule has 6 nitrogen and oxygen atoms in total. The second-order valence-corrected chi connectivity index (χ2v) is 3.58. The molecule has 4 atom stereocenters. The number of carbonyl (C=O) groups is 1. The van der Waals surface area contributed by atoms with Gasteiger partial charge in [-0.1, -0.05) is 0 Å². The maximum atomic E-state index is 10.6. The first kappa shape index (κ1) is 10.8. The molecule has 0 saturated carbocycles. The Hall–Kier alpha value is -0.690. The van der Waals surface area contributed by atoms with E-state index >= 15 is 0 Å². The number of fused-ring (bicyclic) bond motifs is 1. The highest BCUT2D eigenvalue weighted by atomic mass is 17.2. The van der Waals surface area contributed by atoms with E-state index in [4.69, 9.17) is 19.1 Å². The Morgan fingerprint density at radius 1 is 1.20 bits per heavy atom. The molecule has 0 amide bonds. The van der Waals surface area contributed by atoms with Crippen molar-refractivity contribution in [1.29, 1.82) is 0 Å². The Morgan fingerprint density at radius 2 is 1.80 bits per heavy atom. The van der Waals surface area contributed by atoms with E-state index in [1.165, 1.54) is 6.92 Å². The number of carbonyl (C=O) groups excluding carboxylic acids is 1. The van der Waals surface area contributed by atoms with Crippen molar-refractivity contribution in [3.63, 3.8) is 0 Å². The molecule has 0 aliphatic carbocycles. The third-order valence-corrected chi connectivity index (χ3v) is 2.55. The molecule has 0 unspecified atom stereocenters. The molecule has 2 saturated heterocycles. The minimum atomic E-state index is -0.486. The first-order chi connectivity index (χ1) is 7.22. The van der Waals surface area contributed by atoms with E-state index in [1.54, 1.807) is 7.11 Å². The van der Waals surface area contributed by atoms with Crippen molar-refractivity contribution < 1.29 is 28.8 Å². The Labute approximate surface area is 87.3 Å². The van der Waals surface area contributed by atoms with Gasteiger partial charge in [-0.2, -0.15) is 4.89 Å². The van der Waals surface area contributed by atoms with Crippen molar-refractivity contribution in [2.24, 2.45) is 0 Å². The normalized spacial score (nSPS) is 39.1. The highest BCUT2D eigenvalue weighted by Gasteiger charge is 2.49. The number of methoxy groups -OCH3 is 1. The van der Waals surface area contributed by atoms with Crippen LogP contribution in [0.15, 0.2) is 0 Å². The summed E-state index contributed by atoms with van der Waals surface area (Å²) in [5, 5.41) is 0. The lowest BCUT2D eigenvalue weighted by Gasteiger charge is -2.14. The summed E-state index contributed by atoms with van der Waals surface area (Å²) in [5.41, 5.74) is 0. The molecule has 0 aromatic carbocycles. The van der Waals surface area contributed by atoms with E-state index in [9.17, 15) is 4.79 Å². The van der Waals surface area contributed by atoms with Gasteiger partial charge in [0.25, 0.3) is 0 Å². The van der Waals surface area contributed by atoms with Gasteiger partial charge in [-0.15, -0.1) is 0 Å². The van der Waals surface area contributed by atoms with Crippen molar-refractivity contribution >= 4 is 5.97 Å². The van der Waals surface area contributed by atoms with Gasteiger partial charge in [0.05, 0.1) is 13.2 Å². The van der Waals surface area contributed by atoms with Gasteiger partial charge < -0.3 is 14.2 Å². The summed E-state index contributed by atoms with van der Waals surface area (Å²) in [6, 6.07) is 0. The zero-order chi connectivity index (χ0) is 10.8. The SMILES string of the molecule is CO[C@@H]1CO[C@@H]2[C@@H]1OC[C@H]2OOC(C)=O. The predicted octanol–water partition coefficient (Wildman–Crippen LogP) is -0.338. The summed E-state index contributed by atoms with van der Waals surface area (Å²) in [7, 11) is 1.61. The lowest BCUT2D eigenvalue weighted by Crippen LogP contribution is -2.33. The molecular formula is C9H14O6. The molecule has 0 radical (unpaired) electrons. The average molecular weight is 218 g/mol.